The predicted octanol–water partition coefficient (Wildman–Crippen LogP) is 6.33. The van der Waals surface area contributed by atoms with Gasteiger partial charge in [-0.1, -0.05) is 25.0 Å². The Hall–Kier alpha value is -4.00. The first kappa shape index (κ1) is 39.8. The van der Waals surface area contributed by atoms with E-state index in [1.54, 1.807) is 19.2 Å². The highest BCUT2D eigenvalue weighted by atomic mass is 35.5. The van der Waals surface area contributed by atoms with E-state index in [0.29, 0.717) is 72.1 Å². The van der Waals surface area contributed by atoms with E-state index in [4.69, 9.17) is 25.8 Å². The maximum atomic E-state index is 13.9. The Morgan fingerprint density at radius 3 is 1.93 bits per heavy atom. The van der Waals surface area contributed by atoms with Crippen molar-refractivity contribution in [3.05, 3.63) is 82.4 Å². The number of hydrogen-bond donors (Lipinski definition) is 2. The average molecular weight is 797 g/mol. The fourth-order valence-corrected chi connectivity index (χ4v) is 10.4. The van der Waals surface area contributed by atoms with Crippen LogP contribution in [0.2, 0.25) is 0 Å². The number of halogens is 1. The molecule has 3 aromatic carbocycles. The summed E-state index contributed by atoms with van der Waals surface area (Å²) in [6.07, 6.45) is 7.10. The molecule has 0 saturated carbocycles. The number of unbranched alkanes of at least 4 members (excludes halogenated alkanes) is 3. The van der Waals surface area contributed by atoms with E-state index in [-0.39, 0.29) is 17.4 Å². The van der Waals surface area contributed by atoms with Crippen molar-refractivity contribution in [1.82, 2.24) is 15.1 Å². The summed E-state index contributed by atoms with van der Waals surface area (Å²) in [4.78, 5) is 36.7. The Morgan fingerprint density at radius 2 is 1.39 bits per heavy atom. The van der Waals surface area contributed by atoms with Gasteiger partial charge in [0.25, 0.3) is 5.91 Å². The second-order valence-corrected chi connectivity index (χ2v) is 17.0. The first-order valence-corrected chi connectivity index (χ1v) is 21.3. The zero-order valence-corrected chi connectivity index (χ0v) is 34.6. The van der Waals surface area contributed by atoms with Crippen molar-refractivity contribution in [2.45, 2.75) is 75.0 Å². The van der Waals surface area contributed by atoms with Crippen LogP contribution in [0.5, 0.6) is 11.5 Å². The van der Waals surface area contributed by atoms with Gasteiger partial charge in [-0.3, -0.25) is 15.0 Å². The van der Waals surface area contributed by atoms with Gasteiger partial charge in [-0.25, -0.2) is 0 Å². The molecule has 6 aliphatic rings. The highest BCUT2D eigenvalue weighted by Gasteiger charge is 2.56. The molecule has 11 nitrogen and oxygen atoms in total. The minimum Gasteiger partial charge on any atom is -0.457 e. The number of ether oxygens (including phenoxy) is 3. The van der Waals surface area contributed by atoms with E-state index in [0.717, 1.165) is 74.0 Å². The lowest BCUT2D eigenvalue weighted by Gasteiger charge is -2.57. The first-order valence-electron chi connectivity index (χ1n) is 20.8. The SMILES string of the molecule is CCNC(=O)c1ccc2c(c1)C1(C(=N)C2=O)c2ccc(N3C4CC3CN(C)C4)cc2Oc2cc(N3C4CC3CN(C)C4)ccc21.COCCOCCCCCCCl. The number of piperidine rings is 2. The number of carbonyl (C=O) groups is 2. The highest BCUT2D eigenvalue weighted by Crippen LogP contribution is 2.58. The molecule has 5 aliphatic heterocycles. The van der Waals surface area contributed by atoms with Crippen molar-refractivity contribution >= 4 is 40.4 Å². The molecule has 9 rings (SSSR count). The number of carbonyl (C=O) groups excluding carboxylic acids is 2. The highest BCUT2D eigenvalue weighted by molar-refractivity contribution is 6.53. The van der Waals surface area contributed by atoms with Crippen LogP contribution in [0.15, 0.2) is 54.6 Å². The number of likely N-dealkylation sites (N-methyl/N-ethyl adjacent to an activating group) is 2. The number of ketones is 1. The van der Waals surface area contributed by atoms with Crippen LogP contribution < -0.4 is 19.9 Å². The van der Waals surface area contributed by atoms with E-state index in [9.17, 15) is 15.0 Å². The van der Waals surface area contributed by atoms with E-state index >= 15 is 0 Å². The Morgan fingerprint density at radius 1 is 0.807 bits per heavy atom. The Bertz CT molecular complexity index is 1890. The smallest absolute Gasteiger partial charge is 0.251 e. The summed E-state index contributed by atoms with van der Waals surface area (Å²) in [5.74, 6) is 1.63. The second kappa shape index (κ2) is 16.7. The van der Waals surface area contributed by atoms with Crippen molar-refractivity contribution in [1.29, 1.82) is 5.41 Å². The molecular weight excluding hydrogens is 740 g/mol. The van der Waals surface area contributed by atoms with E-state index < -0.39 is 5.41 Å². The van der Waals surface area contributed by atoms with Crippen LogP contribution in [-0.2, 0) is 14.9 Å². The summed E-state index contributed by atoms with van der Waals surface area (Å²) < 4.78 is 17.0. The standard InChI is InChI=1S/C36H38N6O3.C9H19ClO2/c1-4-38-35(44)20-5-8-27-30(11-20)36(34(37)33(27)43)28-9-6-21(41-23-12-24(41)17-39(2)16-23)14-31(28)45-32-15-22(7-10-29(32)36)42-25-13-26(42)19-40(3)18-25;1-11-8-9-12-7-5-3-2-4-6-10/h5-11,14-15,23-26,37H,4,12-13,16-19H2,1-3H3,(H,38,44);2-9H2,1H3. The third-order valence-corrected chi connectivity index (χ3v) is 13.0. The number of rotatable bonds is 13. The average Bonchev–Trinajstić information content (AvgIpc) is 3.41. The van der Waals surface area contributed by atoms with Gasteiger partial charge in [0.1, 0.15) is 11.5 Å². The largest absolute Gasteiger partial charge is 0.457 e. The van der Waals surface area contributed by atoms with Crippen LogP contribution in [-0.4, -0.2) is 131 Å². The zero-order valence-electron chi connectivity index (χ0n) is 33.8. The molecule has 0 radical (unpaired) electrons. The van der Waals surface area contributed by atoms with Crippen molar-refractivity contribution < 1.29 is 23.8 Å². The quantitative estimate of drug-likeness (QED) is 0.152. The number of Topliss-reactive ketones (excluding diaryl/α,β-unsaturated/α-hetero) is 1. The number of anilines is 2. The summed E-state index contributed by atoms with van der Waals surface area (Å²) in [5, 5.41) is 12.4. The van der Waals surface area contributed by atoms with Crippen molar-refractivity contribution in [2.75, 3.05) is 89.4 Å². The molecule has 1 spiro atoms. The van der Waals surface area contributed by atoms with Gasteiger partial charge in [-0.05, 0) is 82.6 Å². The molecule has 0 aromatic heterocycles. The van der Waals surface area contributed by atoms with Crippen LogP contribution in [0.25, 0.3) is 0 Å². The maximum Gasteiger partial charge on any atom is 0.251 e. The fraction of sp³-hybridized carbons (Fsp3) is 0.533. The number of hydrogen-bond acceptors (Lipinski definition) is 10. The van der Waals surface area contributed by atoms with Gasteiger partial charge in [-0.2, -0.15) is 0 Å². The molecule has 4 fully saturated rings. The Kier molecular flexibility index (Phi) is 11.7. The predicted molar refractivity (Wildman–Crippen MR) is 226 cm³/mol. The van der Waals surface area contributed by atoms with Crippen LogP contribution >= 0.6 is 11.6 Å². The molecule has 3 aromatic rings. The fourth-order valence-electron chi connectivity index (χ4n) is 10.2. The molecule has 2 N–H and O–H groups in total. The molecule has 1 aliphatic carbocycles. The van der Waals surface area contributed by atoms with Gasteiger partial charge >= 0.3 is 0 Å². The minimum atomic E-state index is -1.18. The molecule has 4 saturated heterocycles. The van der Waals surface area contributed by atoms with Crippen molar-refractivity contribution in [2.24, 2.45) is 0 Å². The van der Waals surface area contributed by atoms with Gasteiger partial charge in [0.05, 0.1) is 24.3 Å². The van der Waals surface area contributed by atoms with Gasteiger partial charge in [-0.15, -0.1) is 11.6 Å². The van der Waals surface area contributed by atoms with E-state index in [1.165, 1.54) is 25.7 Å². The van der Waals surface area contributed by atoms with Crippen LogP contribution in [0.3, 0.4) is 0 Å². The Balaban J connectivity index is 0.000000331. The number of fused-ring (bicyclic) bond motifs is 10. The van der Waals surface area contributed by atoms with Gasteiger partial charge in [0.2, 0.25) is 5.78 Å². The molecule has 304 valence electrons. The van der Waals surface area contributed by atoms with E-state index in [2.05, 4.69) is 75.4 Å². The number of piperazine rings is 2. The zero-order chi connectivity index (χ0) is 39.8. The molecule has 4 bridgehead atoms. The molecule has 57 heavy (non-hydrogen) atoms. The number of nitrogens with one attached hydrogen (secondary N) is 2. The molecule has 5 heterocycles. The summed E-state index contributed by atoms with van der Waals surface area (Å²) in [5.41, 5.74) is 4.25. The monoisotopic (exact) mass is 796 g/mol. The summed E-state index contributed by atoms with van der Waals surface area (Å²) in [6.45, 7) is 8.80. The molecule has 12 heteroatoms. The lowest BCUT2D eigenvalue weighted by molar-refractivity contribution is 0.0686. The summed E-state index contributed by atoms with van der Waals surface area (Å²) in [6, 6.07) is 19.8. The van der Waals surface area contributed by atoms with Gasteiger partial charge < -0.3 is 39.1 Å². The van der Waals surface area contributed by atoms with Crippen LogP contribution in [0.1, 0.15) is 82.9 Å². The first-order chi connectivity index (χ1) is 27.7. The summed E-state index contributed by atoms with van der Waals surface area (Å²) >= 11 is 5.54. The van der Waals surface area contributed by atoms with Gasteiger partial charge in [0.15, 0.2) is 0 Å². The topological polar surface area (TPSA) is 111 Å². The van der Waals surface area contributed by atoms with E-state index in [1.807, 2.05) is 13.0 Å². The van der Waals surface area contributed by atoms with Crippen molar-refractivity contribution in [3.8, 4) is 11.5 Å². The molecule has 4 unspecified atom stereocenters. The number of methoxy groups -OCH3 is 1. The molecule has 1 amide bonds. The minimum absolute atomic E-state index is 0.00161. The normalized spacial score (nSPS) is 25.4. The third kappa shape index (κ3) is 7.13. The lowest BCUT2D eigenvalue weighted by Crippen LogP contribution is -2.68. The molecular formula is C45H57ClN6O5. The number of likely N-dealkylation sites (tertiary alicyclic amines) is 2. The maximum absolute atomic E-state index is 13.9. The Labute approximate surface area is 342 Å². The second-order valence-electron chi connectivity index (χ2n) is 16.6. The van der Waals surface area contributed by atoms with Crippen LogP contribution in [0.4, 0.5) is 11.4 Å². The third-order valence-electron chi connectivity index (χ3n) is 12.8. The number of benzene rings is 3. The van der Waals surface area contributed by atoms with Gasteiger partial charge in [0, 0.05) is 122 Å². The lowest BCUT2D eigenvalue weighted by atomic mass is 9.67. The van der Waals surface area contributed by atoms with Crippen LogP contribution in [0, 0.1) is 5.41 Å². The summed E-state index contributed by atoms with van der Waals surface area (Å²) in [7, 11) is 6.05. The number of amides is 1. The molecule has 4 atom stereocenters. The number of nitrogens with zero attached hydrogens (tertiary/aromatic N) is 4. The number of alkyl halides is 1. The van der Waals surface area contributed by atoms with Crippen molar-refractivity contribution in [3.63, 3.8) is 0 Å².